The van der Waals surface area contributed by atoms with E-state index >= 15 is 0 Å². The molecule has 0 unspecified atom stereocenters. The molecule has 3 rings (SSSR count). The number of halogens is 2. The van der Waals surface area contributed by atoms with Gasteiger partial charge in [-0.2, -0.15) is 4.98 Å². The number of nitrogens with zero attached hydrogens (tertiary/aromatic N) is 3. The first-order chi connectivity index (χ1) is 10.5. The van der Waals surface area contributed by atoms with Gasteiger partial charge in [0, 0.05) is 31.6 Å². The summed E-state index contributed by atoms with van der Waals surface area (Å²) in [6.45, 7) is 0.633. The van der Waals surface area contributed by atoms with Crippen LogP contribution in [0.1, 0.15) is 30.0 Å². The van der Waals surface area contributed by atoms with Gasteiger partial charge >= 0.3 is 0 Å². The first-order valence-electron chi connectivity index (χ1n) is 7.40. The Morgan fingerprint density at radius 2 is 1.92 bits per heavy atom. The highest BCUT2D eigenvalue weighted by Gasteiger charge is 2.29. The molecule has 0 saturated heterocycles. The van der Waals surface area contributed by atoms with E-state index in [1.807, 2.05) is 30.1 Å². The minimum atomic E-state index is 0. The smallest absolute Gasteiger partial charge is 0.222 e. The van der Waals surface area contributed by atoms with Gasteiger partial charge in [-0.3, -0.25) is 0 Å². The predicted molar refractivity (Wildman–Crippen MR) is 101 cm³/mol. The maximum absolute atomic E-state index is 9.55. The Morgan fingerprint density at radius 3 is 2.54 bits per heavy atom. The monoisotopic (exact) mass is 371 g/mol. The Labute approximate surface area is 154 Å². The second-order valence-corrected chi connectivity index (χ2v) is 5.96. The van der Waals surface area contributed by atoms with Crippen LogP contribution in [0, 0.1) is 0 Å². The van der Waals surface area contributed by atoms with E-state index in [0.717, 1.165) is 29.9 Å². The number of aromatic nitrogens is 2. The van der Waals surface area contributed by atoms with Gasteiger partial charge in [-0.25, -0.2) is 4.98 Å². The molecule has 2 aromatic rings. The third-order valence-corrected chi connectivity index (χ3v) is 4.06. The molecule has 0 radical (unpaired) electrons. The van der Waals surface area contributed by atoms with Crippen LogP contribution < -0.4 is 16.4 Å². The number of phenols is 1. The van der Waals surface area contributed by atoms with E-state index in [1.54, 1.807) is 12.1 Å². The number of rotatable bonds is 4. The summed E-state index contributed by atoms with van der Waals surface area (Å²) in [6, 6.07) is 9.45. The van der Waals surface area contributed by atoms with Crippen LogP contribution in [0.2, 0.25) is 0 Å². The molecule has 1 aliphatic carbocycles. The number of hydrogen-bond acceptors (Lipinski definition) is 6. The first kappa shape index (κ1) is 20.3. The van der Waals surface area contributed by atoms with Crippen molar-refractivity contribution in [2.45, 2.75) is 31.3 Å². The highest BCUT2D eigenvalue weighted by Crippen LogP contribution is 2.35. The second-order valence-electron chi connectivity index (χ2n) is 5.96. The zero-order valence-corrected chi connectivity index (χ0v) is 15.1. The zero-order chi connectivity index (χ0) is 15.7. The summed E-state index contributed by atoms with van der Waals surface area (Å²) in [5.74, 6) is 1.72. The summed E-state index contributed by atoms with van der Waals surface area (Å²) in [4.78, 5) is 10.6. The Morgan fingerprint density at radius 1 is 1.21 bits per heavy atom. The Bertz CT molecular complexity index is 679. The van der Waals surface area contributed by atoms with Crippen LogP contribution in [0.15, 0.2) is 30.3 Å². The summed E-state index contributed by atoms with van der Waals surface area (Å²) in [7, 11) is 1.95. The largest absolute Gasteiger partial charge is 0.508 e. The van der Waals surface area contributed by atoms with Crippen molar-refractivity contribution in [3.63, 3.8) is 0 Å². The lowest BCUT2D eigenvalue weighted by atomic mass is 9.78. The van der Waals surface area contributed by atoms with Gasteiger partial charge in [0.15, 0.2) is 0 Å². The number of nitrogen functional groups attached to an aromatic ring is 1. The number of nitrogens with two attached hydrogens (primary N) is 2. The highest BCUT2D eigenvalue weighted by atomic mass is 35.5. The summed E-state index contributed by atoms with van der Waals surface area (Å²) in [6.07, 6.45) is 1.90. The molecule has 1 aromatic heterocycles. The van der Waals surface area contributed by atoms with Crippen molar-refractivity contribution in [1.82, 2.24) is 9.97 Å². The van der Waals surface area contributed by atoms with Crippen molar-refractivity contribution < 1.29 is 5.11 Å². The van der Waals surface area contributed by atoms with Gasteiger partial charge in [0.25, 0.3) is 0 Å². The molecule has 0 spiro atoms. The molecule has 0 amide bonds. The minimum Gasteiger partial charge on any atom is -0.508 e. The van der Waals surface area contributed by atoms with Crippen molar-refractivity contribution in [3.05, 3.63) is 41.6 Å². The second kappa shape index (κ2) is 8.37. The number of hydrogen-bond donors (Lipinski definition) is 3. The molecular formula is C16H23Cl2N5O. The molecule has 1 saturated carbocycles. The van der Waals surface area contributed by atoms with Crippen molar-refractivity contribution in [3.8, 4) is 5.75 Å². The van der Waals surface area contributed by atoms with E-state index in [0.29, 0.717) is 12.5 Å². The van der Waals surface area contributed by atoms with Gasteiger partial charge in [0.2, 0.25) is 5.95 Å². The number of aromatic hydroxyl groups is 1. The van der Waals surface area contributed by atoms with Crippen LogP contribution in [0.25, 0.3) is 0 Å². The maximum atomic E-state index is 9.55. The van der Waals surface area contributed by atoms with Gasteiger partial charge in [-0.15, -0.1) is 24.8 Å². The molecule has 1 aromatic carbocycles. The average Bonchev–Trinajstić information content (AvgIpc) is 2.43. The standard InChI is InChI=1S/C16H21N5O.2ClH/c1-21(9-10-3-2-4-13(22)5-10)15-8-14(19-16(18)20-15)11-6-12(17)7-11;;/h2-5,8,11-12,22H,6-7,9,17H2,1H3,(H2,18,19,20);2*1H. The van der Waals surface area contributed by atoms with Crippen LogP contribution in [0.4, 0.5) is 11.8 Å². The van der Waals surface area contributed by atoms with E-state index in [-0.39, 0.29) is 42.6 Å². The topological polar surface area (TPSA) is 101 Å². The van der Waals surface area contributed by atoms with Crippen LogP contribution in [-0.2, 0) is 6.54 Å². The normalized spacial score (nSPS) is 18.8. The molecule has 132 valence electrons. The summed E-state index contributed by atoms with van der Waals surface area (Å²) >= 11 is 0. The molecule has 1 heterocycles. The van der Waals surface area contributed by atoms with Crippen molar-refractivity contribution in [2.75, 3.05) is 17.7 Å². The number of anilines is 2. The molecule has 0 aliphatic heterocycles. The molecule has 8 heteroatoms. The van der Waals surface area contributed by atoms with E-state index in [1.165, 1.54) is 0 Å². The Hall–Kier alpha value is -1.76. The third-order valence-electron chi connectivity index (χ3n) is 4.06. The molecule has 0 bridgehead atoms. The minimum absolute atomic E-state index is 0. The fourth-order valence-electron chi connectivity index (χ4n) is 2.79. The van der Waals surface area contributed by atoms with Crippen LogP contribution in [-0.4, -0.2) is 28.2 Å². The van der Waals surface area contributed by atoms with Gasteiger partial charge in [0.05, 0.1) is 5.69 Å². The number of benzene rings is 1. The summed E-state index contributed by atoms with van der Waals surface area (Å²) in [5, 5.41) is 9.55. The Kier molecular flexibility index (Phi) is 7.08. The van der Waals surface area contributed by atoms with Crippen molar-refractivity contribution >= 4 is 36.6 Å². The van der Waals surface area contributed by atoms with Crippen LogP contribution in [0.5, 0.6) is 5.75 Å². The van der Waals surface area contributed by atoms with E-state index in [9.17, 15) is 5.11 Å². The zero-order valence-electron chi connectivity index (χ0n) is 13.4. The van der Waals surface area contributed by atoms with Crippen molar-refractivity contribution in [2.24, 2.45) is 5.73 Å². The predicted octanol–water partition coefficient (Wildman–Crippen LogP) is 2.45. The molecule has 5 N–H and O–H groups in total. The summed E-state index contributed by atoms with van der Waals surface area (Å²) in [5.41, 5.74) is 13.7. The van der Waals surface area contributed by atoms with Gasteiger partial charge in [-0.05, 0) is 30.5 Å². The molecule has 1 aliphatic rings. The van der Waals surface area contributed by atoms with Gasteiger partial charge in [-0.1, -0.05) is 12.1 Å². The average molecular weight is 372 g/mol. The molecule has 1 fully saturated rings. The van der Waals surface area contributed by atoms with Gasteiger partial charge < -0.3 is 21.5 Å². The quantitative estimate of drug-likeness (QED) is 0.762. The van der Waals surface area contributed by atoms with E-state index in [2.05, 4.69) is 9.97 Å². The lowest BCUT2D eigenvalue weighted by Gasteiger charge is -2.32. The SMILES string of the molecule is CN(Cc1cccc(O)c1)c1cc(C2CC(N)C2)nc(N)n1.Cl.Cl. The fourth-order valence-corrected chi connectivity index (χ4v) is 2.79. The fraction of sp³-hybridized carbons (Fsp3) is 0.375. The third kappa shape index (κ3) is 4.63. The lowest BCUT2D eigenvalue weighted by molar-refractivity contribution is 0.345. The highest BCUT2D eigenvalue weighted by molar-refractivity contribution is 5.85. The molecular weight excluding hydrogens is 349 g/mol. The first-order valence-corrected chi connectivity index (χ1v) is 7.40. The summed E-state index contributed by atoms with van der Waals surface area (Å²) < 4.78 is 0. The van der Waals surface area contributed by atoms with E-state index in [4.69, 9.17) is 11.5 Å². The number of phenolic OH excluding ortho intramolecular Hbond substituents is 1. The van der Waals surface area contributed by atoms with Gasteiger partial charge in [0.1, 0.15) is 11.6 Å². The van der Waals surface area contributed by atoms with E-state index < -0.39 is 0 Å². The Balaban J connectivity index is 0.00000144. The maximum Gasteiger partial charge on any atom is 0.222 e. The molecule has 24 heavy (non-hydrogen) atoms. The van der Waals surface area contributed by atoms with Crippen LogP contribution in [0.3, 0.4) is 0 Å². The van der Waals surface area contributed by atoms with Crippen LogP contribution >= 0.6 is 24.8 Å². The lowest BCUT2D eigenvalue weighted by Crippen LogP contribution is -2.35. The molecule has 0 atom stereocenters. The van der Waals surface area contributed by atoms with Crippen molar-refractivity contribution in [1.29, 1.82) is 0 Å². The molecule has 6 nitrogen and oxygen atoms in total.